The van der Waals surface area contributed by atoms with Crippen LogP contribution in [0.5, 0.6) is 0 Å². The van der Waals surface area contributed by atoms with E-state index in [0.717, 1.165) is 12.0 Å². The summed E-state index contributed by atoms with van der Waals surface area (Å²) in [5, 5.41) is 0. The van der Waals surface area contributed by atoms with E-state index in [4.69, 9.17) is 8.85 Å². The summed E-state index contributed by atoms with van der Waals surface area (Å²) in [7, 11) is 1.63. The van der Waals surface area contributed by atoms with Crippen LogP contribution in [0, 0.1) is 5.92 Å². The molecule has 14 heavy (non-hydrogen) atoms. The van der Waals surface area contributed by atoms with Gasteiger partial charge in [-0.15, -0.1) is 6.58 Å². The molecule has 3 heteroatoms. The van der Waals surface area contributed by atoms with Gasteiger partial charge in [0.2, 0.25) is 0 Å². The van der Waals surface area contributed by atoms with Crippen LogP contribution in [-0.4, -0.2) is 22.8 Å². The second kappa shape index (κ2) is 4.60. The van der Waals surface area contributed by atoms with Gasteiger partial charge in [0.05, 0.1) is 0 Å². The lowest BCUT2D eigenvalue weighted by molar-refractivity contribution is 0.240. The number of rotatable bonds is 6. The van der Waals surface area contributed by atoms with Gasteiger partial charge < -0.3 is 8.85 Å². The third-order valence-electron chi connectivity index (χ3n) is 3.25. The van der Waals surface area contributed by atoms with E-state index in [1.165, 1.54) is 18.4 Å². The number of allylic oxidation sites excluding steroid dienone is 1. The van der Waals surface area contributed by atoms with Crippen molar-refractivity contribution < 1.29 is 8.85 Å². The quantitative estimate of drug-likeness (QED) is 0.499. The first kappa shape index (κ1) is 11.9. The fraction of sp³-hybridized carbons (Fsp3) is 0.818. The molecular formula is C11H22O2Si. The molecular weight excluding hydrogens is 192 g/mol. The monoisotopic (exact) mass is 214 g/mol. The summed E-state index contributed by atoms with van der Waals surface area (Å²) in [5.41, 5.74) is 1.88. The molecule has 0 aromatic carbocycles. The third kappa shape index (κ3) is 2.27. The molecule has 1 aliphatic rings. The third-order valence-corrected chi connectivity index (χ3v) is 7.57. The van der Waals surface area contributed by atoms with Crippen molar-refractivity contribution in [2.24, 2.45) is 5.92 Å². The summed E-state index contributed by atoms with van der Waals surface area (Å²) in [6.07, 6.45) is 2.54. The highest BCUT2D eigenvalue weighted by Crippen LogP contribution is 2.55. The Bertz CT molecular complexity index is 211. The largest absolute Gasteiger partial charge is 0.397 e. The van der Waals surface area contributed by atoms with Gasteiger partial charge in [-0.3, -0.25) is 0 Å². The Morgan fingerprint density at radius 3 is 2.29 bits per heavy atom. The second-order valence-corrected chi connectivity index (χ2v) is 7.90. The first-order valence-electron chi connectivity index (χ1n) is 5.34. The lowest BCUT2D eigenvalue weighted by atomic mass is 10.3. The summed E-state index contributed by atoms with van der Waals surface area (Å²) >= 11 is 0. The summed E-state index contributed by atoms with van der Waals surface area (Å²) < 4.78 is 11.4. The van der Waals surface area contributed by atoms with Crippen molar-refractivity contribution in [2.75, 3.05) is 14.2 Å². The van der Waals surface area contributed by atoms with Crippen LogP contribution in [0.1, 0.15) is 26.7 Å². The molecule has 1 fully saturated rings. The van der Waals surface area contributed by atoms with Crippen LogP contribution < -0.4 is 0 Å². The molecule has 1 saturated carbocycles. The van der Waals surface area contributed by atoms with E-state index in [1.54, 1.807) is 14.2 Å². The van der Waals surface area contributed by atoms with E-state index in [-0.39, 0.29) is 0 Å². The Balaban J connectivity index is 2.66. The minimum absolute atomic E-state index is 0.694. The maximum Gasteiger partial charge on any atom is 0.345 e. The van der Waals surface area contributed by atoms with Gasteiger partial charge in [-0.2, -0.15) is 0 Å². The highest BCUT2D eigenvalue weighted by molar-refractivity contribution is 6.70. The van der Waals surface area contributed by atoms with Crippen molar-refractivity contribution in [2.45, 2.75) is 38.3 Å². The van der Waals surface area contributed by atoms with Crippen LogP contribution in [-0.2, 0) is 8.85 Å². The van der Waals surface area contributed by atoms with Gasteiger partial charge in [0.25, 0.3) is 0 Å². The van der Waals surface area contributed by atoms with Gasteiger partial charge in [-0.1, -0.05) is 18.9 Å². The van der Waals surface area contributed by atoms with Crippen molar-refractivity contribution in [1.29, 1.82) is 0 Å². The van der Waals surface area contributed by atoms with Crippen LogP contribution in [0.25, 0.3) is 0 Å². The molecule has 2 atom stereocenters. The van der Waals surface area contributed by atoms with Gasteiger partial charge in [-0.05, 0) is 19.3 Å². The molecule has 0 saturated heterocycles. The van der Waals surface area contributed by atoms with Crippen LogP contribution in [0.3, 0.4) is 0 Å². The van der Waals surface area contributed by atoms with Crippen molar-refractivity contribution in [3.63, 3.8) is 0 Å². The molecule has 0 bridgehead atoms. The predicted molar refractivity (Wildman–Crippen MR) is 61.5 cm³/mol. The highest BCUT2D eigenvalue weighted by atomic mass is 28.4. The molecule has 0 aliphatic heterocycles. The van der Waals surface area contributed by atoms with Gasteiger partial charge in [0.15, 0.2) is 0 Å². The molecule has 0 radical (unpaired) electrons. The maximum absolute atomic E-state index is 5.71. The zero-order chi connectivity index (χ0) is 10.8. The lowest BCUT2D eigenvalue weighted by Crippen LogP contribution is -2.41. The zero-order valence-corrected chi connectivity index (χ0v) is 10.8. The predicted octanol–water partition coefficient (Wildman–Crippen LogP) is 3.10. The first-order chi connectivity index (χ1) is 6.59. The van der Waals surface area contributed by atoms with Gasteiger partial charge >= 0.3 is 8.56 Å². The van der Waals surface area contributed by atoms with Gasteiger partial charge in [0, 0.05) is 25.8 Å². The summed E-state index contributed by atoms with van der Waals surface area (Å²) in [4.78, 5) is 0. The maximum atomic E-state index is 5.71. The fourth-order valence-corrected chi connectivity index (χ4v) is 6.10. The second-order valence-electron chi connectivity index (χ2n) is 4.36. The number of hydrogen-bond acceptors (Lipinski definition) is 2. The lowest BCUT2D eigenvalue weighted by Gasteiger charge is -2.28. The Kier molecular flexibility index (Phi) is 3.92. The number of hydrogen-bond donors (Lipinski definition) is 0. The van der Waals surface area contributed by atoms with Gasteiger partial charge in [0.1, 0.15) is 0 Å². The van der Waals surface area contributed by atoms with Crippen LogP contribution >= 0.6 is 0 Å². The van der Waals surface area contributed by atoms with Crippen molar-refractivity contribution in [3.8, 4) is 0 Å². The van der Waals surface area contributed by atoms with Crippen molar-refractivity contribution in [3.05, 3.63) is 12.2 Å². The molecule has 2 nitrogen and oxygen atoms in total. The first-order valence-corrected chi connectivity index (χ1v) is 7.44. The molecule has 2 unspecified atom stereocenters. The van der Waals surface area contributed by atoms with E-state index in [1.807, 2.05) is 0 Å². The van der Waals surface area contributed by atoms with E-state index in [9.17, 15) is 0 Å². The molecule has 0 amide bonds. The van der Waals surface area contributed by atoms with Crippen molar-refractivity contribution in [1.82, 2.24) is 0 Å². The topological polar surface area (TPSA) is 18.5 Å². The Morgan fingerprint density at radius 2 is 2.00 bits per heavy atom. The highest BCUT2D eigenvalue weighted by Gasteiger charge is 2.56. The molecule has 82 valence electrons. The smallest absolute Gasteiger partial charge is 0.345 e. The van der Waals surface area contributed by atoms with Crippen LogP contribution in [0.4, 0.5) is 0 Å². The molecule has 1 rings (SSSR count). The molecule has 0 heterocycles. The van der Waals surface area contributed by atoms with Gasteiger partial charge in [-0.25, -0.2) is 0 Å². The summed E-state index contributed by atoms with van der Waals surface area (Å²) in [6.45, 7) is 8.28. The average molecular weight is 214 g/mol. The molecule has 0 N–H and O–H groups in total. The van der Waals surface area contributed by atoms with E-state index in [2.05, 4.69) is 20.4 Å². The molecule has 1 aliphatic carbocycles. The van der Waals surface area contributed by atoms with Crippen LogP contribution in [0.2, 0.25) is 11.6 Å². The minimum atomic E-state index is -1.96. The zero-order valence-electron chi connectivity index (χ0n) is 9.80. The Labute approximate surface area is 88.5 Å². The summed E-state index contributed by atoms with van der Waals surface area (Å²) in [5.74, 6) is 0.834. The molecule has 0 spiro atoms. The molecule has 0 aromatic rings. The Morgan fingerprint density at radius 1 is 1.43 bits per heavy atom. The van der Waals surface area contributed by atoms with E-state index >= 15 is 0 Å². The van der Waals surface area contributed by atoms with E-state index in [0.29, 0.717) is 5.54 Å². The average Bonchev–Trinajstić information content (AvgIpc) is 2.93. The fourth-order valence-electron chi connectivity index (χ4n) is 2.32. The normalized spacial score (nSPS) is 26.3. The van der Waals surface area contributed by atoms with E-state index < -0.39 is 8.56 Å². The summed E-state index contributed by atoms with van der Waals surface area (Å²) in [6, 6.07) is 0.946. The standard InChI is InChI=1S/C11H22O2Si/c1-6-10-7-11(10)14(12-4,13-5)8-9(2)3/h10-11H,2,6-8H2,1,3-5H3. The Hall–Kier alpha value is -0.123. The van der Waals surface area contributed by atoms with Crippen LogP contribution in [0.15, 0.2) is 12.2 Å². The SMILES string of the molecule is C=C(C)C[Si](OC)(OC)C1CC1CC. The van der Waals surface area contributed by atoms with Crippen molar-refractivity contribution >= 4 is 8.56 Å². The molecule has 0 aromatic heterocycles. The minimum Gasteiger partial charge on any atom is -0.397 e.